The summed E-state index contributed by atoms with van der Waals surface area (Å²) >= 11 is 0. The first-order valence-corrected chi connectivity index (χ1v) is 4.07. The average molecular weight is 278 g/mol. The summed E-state index contributed by atoms with van der Waals surface area (Å²) in [7, 11) is 0. The van der Waals surface area contributed by atoms with E-state index in [9.17, 15) is 43.9 Å². The van der Waals surface area contributed by atoms with Crippen LogP contribution in [0.3, 0.4) is 0 Å². The quantitative estimate of drug-likeness (QED) is 0.677. The number of alkyl halides is 10. The van der Waals surface area contributed by atoms with Crippen LogP contribution in [0.2, 0.25) is 0 Å². The van der Waals surface area contributed by atoms with Crippen molar-refractivity contribution in [2.75, 3.05) is 0 Å². The molecular formula is C7H4F10. The van der Waals surface area contributed by atoms with Gasteiger partial charge < -0.3 is 0 Å². The predicted octanol–water partition coefficient (Wildman–Crippen LogP) is 3.61. The average Bonchev–Trinajstić information content (AvgIpc) is 2.12. The van der Waals surface area contributed by atoms with Gasteiger partial charge in [0.25, 0.3) is 18.0 Å². The minimum Gasteiger partial charge on any atom is -0.243 e. The Labute approximate surface area is 87.6 Å². The molecule has 0 aromatic heterocycles. The van der Waals surface area contributed by atoms with Crippen molar-refractivity contribution in [1.29, 1.82) is 0 Å². The number of hydrogen-bond acceptors (Lipinski definition) is 0. The molecule has 0 N–H and O–H groups in total. The van der Waals surface area contributed by atoms with Crippen molar-refractivity contribution < 1.29 is 43.9 Å². The minimum absolute atomic E-state index is 2.07. The number of hydrogen-bond donors (Lipinski definition) is 0. The smallest absolute Gasteiger partial charge is 0.243 e. The van der Waals surface area contributed by atoms with Crippen LogP contribution >= 0.6 is 0 Å². The summed E-state index contributed by atoms with van der Waals surface area (Å²) < 4.78 is 124. The molecule has 10 heteroatoms. The van der Waals surface area contributed by atoms with Crippen molar-refractivity contribution in [3.05, 3.63) is 0 Å². The van der Waals surface area contributed by atoms with E-state index in [0.29, 0.717) is 0 Å². The van der Waals surface area contributed by atoms with Crippen molar-refractivity contribution in [1.82, 2.24) is 0 Å². The van der Waals surface area contributed by atoms with E-state index in [4.69, 9.17) is 0 Å². The minimum atomic E-state index is -6.66. The molecule has 0 amide bonds. The van der Waals surface area contributed by atoms with Crippen LogP contribution in [-0.2, 0) is 0 Å². The van der Waals surface area contributed by atoms with Crippen LogP contribution in [-0.4, -0.2) is 36.0 Å². The summed E-state index contributed by atoms with van der Waals surface area (Å²) in [6.45, 7) is 0. The van der Waals surface area contributed by atoms with Crippen molar-refractivity contribution in [3.63, 3.8) is 0 Å². The van der Waals surface area contributed by atoms with Gasteiger partial charge in [-0.3, -0.25) is 0 Å². The van der Waals surface area contributed by atoms with Crippen LogP contribution in [0.4, 0.5) is 43.9 Å². The lowest BCUT2D eigenvalue weighted by atomic mass is 9.65. The lowest BCUT2D eigenvalue weighted by molar-refractivity contribution is -0.389. The Morgan fingerprint density at radius 1 is 1.00 bits per heavy atom. The molecule has 0 saturated heterocycles. The maximum atomic E-state index is 13.2. The molecule has 1 rings (SSSR count). The normalized spacial score (nSPS) is 36.5. The third kappa shape index (κ3) is 1.44. The van der Waals surface area contributed by atoms with Gasteiger partial charge in [-0.1, -0.05) is 0 Å². The zero-order valence-electron chi connectivity index (χ0n) is 7.64. The van der Waals surface area contributed by atoms with Gasteiger partial charge in [0.1, 0.15) is 6.17 Å². The second-order valence-electron chi connectivity index (χ2n) is 3.60. The van der Waals surface area contributed by atoms with Gasteiger partial charge in [-0.2, -0.15) is 13.2 Å². The standard InChI is InChI=1S/C7H4F10/c8-2-1-4(11,12)5(2,13)6(14,3(9)10)7(15,16)17/h2-3H,1H2. The fraction of sp³-hybridized carbons (Fsp3) is 1.00. The molecule has 1 aliphatic carbocycles. The predicted molar refractivity (Wildman–Crippen MR) is 34.2 cm³/mol. The van der Waals surface area contributed by atoms with Gasteiger partial charge in [0, 0.05) is 6.42 Å². The molecule has 0 bridgehead atoms. The van der Waals surface area contributed by atoms with E-state index >= 15 is 0 Å². The number of rotatable bonds is 2. The molecule has 0 nitrogen and oxygen atoms in total. The van der Waals surface area contributed by atoms with E-state index in [1.165, 1.54) is 0 Å². The summed E-state index contributed by atoms with van der Waals surface area (Å²) in [6.07, 6.45) is -17.6. The first-order chi connectivity index (χ1) is 7.32. The maximum absolute atomic E-state index is 13.2. The monoisotopic (exact) mass is 278 g/mol. The summed E-state index contributed by atoms with van der Waals surface area (Å²) in [5.74, 6) is -5.15. The highest BCUT2D eigenvalue weighted by Gasteiger charge is 2.90. The van der Waals surface area contributed by atoms with Gasteiger partial charge in [-0.25, -0.2) is 30.7 Å². The summed E-state index contributed by atoms with van der Waals surface area (Å²) in [5.41, 5.74) is -11.9. The molecule has 0 radical (unpaired) electrons. The molecule has 102 valence electrons. The summed E-state index contributed by atoms with van der Waals surface area (Å²) in [6, 6.07) is 0. The summed E-state index contributed by atoms with van der Waals surface area (Å²) in [4.78, 5) is 0. The fourth-order valence-corrected chi connectivity index (χ4v) is 1.60. The van der Waals surface area contributed by atoms with E-state index in [1.54, 1.807) is 0 Å². The van der Waals surface area contributed by atoms with E-state index in [0.717, 1.165) is 0 Å². The molecule has 0 spiro atoms. The number of halogens is 10. The Hall–Kier alpha value is -0.700. The third-order valence-electron chi connectivity index (χ3n) is 2.64. The zero-order chi connectivity index (χ0) is 13.9. The first kappa shape index (κ1) is 14.4. The molecule has 3 unspecified atom stereocenters. The topological polar surface area (TPSA) is 0 Å². The lowest BCUT2D eigenvalue weighted by Gasteiger charge is -2.51. The van der Waals surface area contributed by atoms with Gasteiger partial charge in [0.2, 0.25) is 0 Å². The van der Waals surface area contributed by atoms with E-state index < -0.39 is 42.5 Å². The van der Waals surface area contributed by atoms with Crippen molar-refractivity contribution >= 4 is 0 Å². The molecule has 1 aliphatic rings. The third-order valence-corrected chi connectivity index (χ3v) is 2.64. The van der Waals surface area contributed by atoms with Gasteiger partial charge in [-0.05, 0) is 0 Å². The molecule has 0 aromatic carbocycles. The van der Waals surface area contributed by atoms with Crippen LogP contribution in [0.1, 0.15) is 6.42 Å². The molecule has 1 fully saturated rings. The molecule has 0 aliphatic heterocycles. The van der Waals surface area contributed by atoms with Gasteiger partial charge in [0.05, 0.1) is 0 Å². The van der Waals surface area contributed by atoms with E-state index in [2.05, 4.69) is 0 Å². The van der Waals surface area contributed by atoms with Crippen LogP contribution in [0.5, 0.6) is 0 Å². The molecule has 0 aromatic rings. The molecule has 17 heavy (non-hydrogen) atoms. The van der Waals surface area contributed by atoms with Crippen LogP contribution in [0, 0.1) is 0 Å². The van der Waals surface area contributed by atoms with Crippen LogP contribution in [0.25, 0.3) is 0 Å². The zero-order valence-corrected chi connectivity index (χ0v) is 7.64. The Morgan fingerprint density at radius 2 is 1.41 bits per heavy atom. The van der Waals surface area contributed by atoms with Gasteiger partial charge in [-0.15, -0.1) is 0 Å². The van der Waals surface area contributed by atoms with Crippen molar-refractivity contribution in [2.45, 2.75) is 42.5 Å². The lowest BCUT2D eigenvalue weighted by Crippen LogP contribution is -2.79. The van der Waals surface area contributed by atoms with E-state index in [1.807, 2.05) is 0 Å². The maximum Gasteiger partial charge on any atom is 0.431 e. The highest BCUT2D eigenvalue weighted by atomic mass is 19.4. The molecule has 3 atom stereocenters. The molecular weight excluding hydrogens is 274 g/mol. The van der Waals surface area contributed by atoms with Crippen molar-refractivity contribution in [2.24, 2.45) is 0 Å². The van der Waals surface area contributed by atoms with Gasteiger partial charge >= 0.3 is 11.8 Å². The fourth-order valence-electron chi connectivity index (χ4n) is 1.60. The van der Waals surface area contributed by atoms with Crippen molar-refractivity contribution in [3.8, 4) is 0 Å². The van der Waals surface area contributed by atoms with Crippen LogP contribution in [0.15, 0.2) is 0 Å². The van der Waals surface area contributed by atoms with Crippen LogP contribution < -0.4 is 0 Å². The van der Waals surface area contributed by atoms with E-state index in [-0.39, 0.29) is 0 Å². The highest BCUT2D eigenvalue weighted by Crippen LogP contribution is 2.63. The molecule has 1 saturated carbocycles. The molecule has 0 heterocycles. The van der Waals surface area contributed by atoms with Gasteiger partial charge in [0.15, 0.2) is 0 Å². The summed E-state index contributed by atoms with van der Waals surface area (Å²) in [5, 5.41) is 0. The SMILES string of the molecule is FC(F)C(F)(C(F)(F)F)C1(F)C(F)CC1(F)F. The highest BCUT2D eigenvalue weighted by molar-refractivity contribution is 5.24. The first-order valence-electron chi connectivity index (χ1n) is 4.07. The second-order valence-corrected chi connectivity index (χ2v) is 3.60. The Kier molecular flexibility index (Phi) is 2.88. The Morgan fingerprint density at radius 3 is 1.53 bits per heavy atom. The second kappa shape index (κ2) is 3.41. The Bertz CT molecular complexity index is 308. The largest absolute Gasteiger partial charge is 0.431 e. The Balaban J connectivity index is 3.35.